The number of nitrogens with zero attached hydrogens (tertiary/aromatic N) is 4. The number of hydrogen-bond donors (Lipinski definition) is 2. The topological polar surface area (TPSA) is 81.7 Å². The van der Waals surface area contributed by atoms with E-state index in [9.17, 15) is 0 Å². The Morgan fingerprint density at radius 3 is 2.52 bits per heavy atom. The van der Waals surface area contributed by atoms with Crippen LogP contribution in [0.3, 0.4) is 0 Å². The fraction of sp³-hybridized carbons (Fsp3) is 0.227. The van der Waals surface area contributed by atoms with E-state index in [4.69, 9.17) is 22.3 Å². The average Bonchev–Trinajstić information content (AvgIpc) is 3.52. The summed E-state index contributed by atoms with van der Waals surface area (Å²) in [6.45, 7) is 1.46. The highest BCUT2D eigenvalue weighted by Crippen LogP contribution is 2.33. The van der Waals surface area contributed by atoms with Crippen LogP contribution in [0.4, 0.5) is 11.8 Å². The molecule has 4 aromatic rings. The number of hydrogen-bond acceptors (Lipinski definition) is 5. The number of nitrogens with one attached hydrogen (secondary N) is 1. The fourth-order valence-electron chi connectivity index (χ4n) is 3.38. The molecule has 2 aromatic heterocycles. The van der Waals surface area contributed by atoms with Crippen molar-refractivity contribution in [2.45, 2.75) is 19.4 Å². The third-order valence-electron chi connectivity index (χ3n) is 5.18. The van der Waals surface area contributed by atoms with Gasteiger partial charge in [-0.05, 0) is 36.5 Å². The van der Waals surface area contributed by atoms with Crippen molar-refractivity contribution >= 4 is 34.4 Å². The van der Waals surface area contributed by atoms with Crippen LogP contribution in [-0.4, -0.2) is 26.3 Å². The maximum atomic E-state index is 6.51. The van der Waals surface area contributed by atoms with Gasteiger partial charge in [0.15, 0.2) is 5.65 Å². The third kappa shape index (κ3) is 3.76. The predicted octanol–water partition coefficient (Wildman–Crippen LogP) is 4.60. The van der Waals surface area contributed by atoms with Crippen LogP contribution >= 0.6 is 11.6 Å². The molecule has 1 aliphatic rings. The van der Waals surface area contributed by atoms with Crippen molar-refractivity contribution in [1.82, 2.24) is 19.7 Å². The third-order valence-corrected chi connectivity index (χ3v) is 5.43. The Kier molecular flexibility index (Phi) is 4.56. The summed E-state index contributed by atoms with van der Waals surface area (Å²) in [4.78, 5) is 9.42. The Morgan fingerprint density at radius 1 is 1.03 bits per heavy atom. The molecular weight excluding hydrogens is 384 g/mol. The number of nitrogen functional groups attached to an aromatic ring is 1. The van der Waals surface area contributed by atoms with E-state index in [0.29, 0.717) is 34.9 Å². The molecule has 0 spiro atoms. The van der Waals surface area contributed by atoms with Gasteiger partial charge in [-0.15, -0.1) is 5.10 Å². The number of rotatable bonds is 6. The molecule has 0 unspecified atom stereocenters. The molecule has 29 heavy (non-hydrogen) atoms. The number of benzene rings is 2. The lowest BCUT2D eigenvalue weighted by molar-refractivity contribution is 0.703. The Morgan fingerprint density at radius 2 is 1.79 bits per heavy atom. The Balaban J connectivity index is 1.61. The molecule has 0 bridgehead atoms. The van der Waals surface area contributed by atoms with Gasteiger partial charge in [0.2, 0.25) is 5.95 Å². The number of anilines is 2. The van der Waals surface area contributed by atoms with E-state index in [1.807, 2.05) is 42.5 Å². The zero-order valence-electron chi connectivity index (χ0n) is 15.8. The molecule has 0 aliphatic heterocycles. The van der Waals surface area contributed by atoms with Gasteiger partial charge in [0, 0.05) is 17.1 Å². The first-order valence-corrected chi connectivity index (χ1v) is 10.1. The fourth-order valence-corrected chi connectivity index (χ4v) is 3.51. The van der Waals surface area contributed by atoms with Gasteiger partial charge in [0.25, 0.3) is 0 Å². The molecule has 7 heteroatoms. The van der Waals surface area contributed by atoms with E-state index < -0.39 is 0 Å². The van der Waals surface area contributed by atoms with Gasteiger partial charge in [0.1, 0.15) is 5.82 Å². The van der Waals surface area contributed by atoms with Crippen LogP contribution in [-0.2, 0) is 6.54 Å². The Labute approximate surface area is 173 Å². The SMILES string of the molecule is Nc1c2c(-c3ccc(Cl)cc3)nc(NCC3CC3)nc2nn1Cc1ccccc1. The number of fused-ring (bicyclic) bond motifs is 1. The molecule has 6 nitrogen and oxygen atoms in total. The quantitative estimate of drug-likeness (QED) is 0.490. The van der Waals surface area contributed by atoms with Gasteiger partial charge in [-0.1, -0.05) is 54.1 Å². The van der Waals surface area contributed by atoms with E-state index >= 15 is 0 Å². The number of nitrogens with two attached hydrogens (primary N) is 1. The standard InChI is InChI=1S/C22H21ClN6/c23-17-10-8-16(9-11-17)19-18-20(24)29(13-15-4-2-1-3-5-15)28-21(18)27-22(26-19)25-12-14-6-7-14/h1-5,8-11,14H,6-7,12-13,24H2,(H,25,27,28). The average molecular weight is 405 g/mol. The first-order chi connectivity index (χ1) is 14.2. The summed E-state index contributed by atoms with van der Waals surface area (Å²) >= 11 is 6.08. The zero-order valence-corrected chi connectivity index (χ0v) is 16.6. The summed E-state index contributed by atoms with van der Waals surface area (Å²) in [6.07, 6.45) is 2.52. The molecule has 5 rings (SSSR count). The highest BCUT2D eigenvalue weighted by molar-refractivity contribution is 6.30. The highest BCUT2D eigenvalue weighted by Gasteiger charge is 2.22. The second kappa shape index (κ2) is 7.37. The molecular formula is C22H21ClN6. The molecule has 0 saturated heterocycles. The predicted molar refractivity (Wildman–Crippen MR) is 117 cm³/mol. The molecule has 146 valence electrons. The Bertz CT molecular complexity index is 1150. The summed E-state index contributed by atoms with van der Waals surface area (Å²) < 4.78 is 1.79. The molecule has 2 aromatic carbocycles. The van der Waals surface area contributed by atoms with E-state index in [1.54, 1.807) is 4.68 Å². The molecule has 2 heterocycles. The van der Waals surface area contributed by atoms with Gasteiger partial charge < -0.3 is 11.1 Å². The summed E-state index contributed by atoms with van der Waals surface area (Å²) in [5, 5.41) is 9.49. The monoisotopic (exact) mass is 404 g/mol. The molecule has 0 amide bonds. The van der Waals surface area contributed by atoms with Gasteiger partial charge in [-0.3, -0.25) is 0 Å². The van der Waals surface area contributed by atoms with E-state index in [2.05, 4.69) is 27.5 Å². The lowest BCUT2D eigenvalue weighted by atomic mass is 10.1. The van der Waals surface area contributed by atoms with Crippen molar-refractivity contribution in [3.63, 3.8) is 0 Å². The normalized spacial score (nSPS) is 13.7. The van der Waals surface area contributed by atoms with Gasteiger partial charge in [-0.25, -0.2) is 9.67 Å². The molecule has 3 N–H and O–H groups in total. The van der Waals surface area contributed by atoms with Crippen molar-refractivity contribution in [3.05, 3.63) is 65.2 Å². The number of aromatic nitrogens is 4. The second-order valence-corrected chi connectivity index (χ2v) is 7.89. The lowest BCUT2D eigenvalue weighted by Gasteiger charge is -2.08. The van der Waals surface area contributed by atoms with Gasteiger partial charge >= 0.3 is 0 Å². The van der Waals surface area contributed by atoms with Crippen molar-refractivity contribution in [2.24, 2.45) is 5.92 Å². The summed E-state index contributed by atoms with van der Waals surface area (Å²) in [7, 11) is 0. The minimum Gasteiger partial charge on any atom is -0.383 e. The molecule has 1 fully saturated rings. The minimum atomic E-state index is 0.558. The van der Waals surface area contributed by atoms with Crippen LogP contribution in [0.5, 0.6) is 0 Å². The minimum absolute atomic E-state index is 0.558. The van der Waals surface area contributed by atoms with Crippen LogP contribution in [0.1, 0.15) is 18.4 Å². The molecule has 1 aliphatic carbocycles. The molecule has 0 radical (unpaired) electrons. The largest absolute Gasteiger partial charge is 0.383 e. The van der Waals surface area contributed by atoms with E-state index in [0.717, 1.165) is 28.8 Å². The molecule has 0 atom stereocenters. The second-order valence-electron chi connectivity index (χ2n) is 7.45. The van der Waals surface area contributed by atoms with E-state index in [1.165, 1.54) is 12.8 Å². The summed E-state index contributed by atoms with van der Waals surface area (Å²) in [5.41, 5.74) is 9.93. The first-order valence-electron chi connectivity index (χ1n) is 9.75. The smallest absolute Gasteiger partial charge is 0.225 e. The first kappa shape index (κ1) is 17.9. The van der Waals surface area contributed by atoms with Gasteiger partial charge in [0.05, 0.1) is 17.6 Å². The van der Waals surface area contributed by atoms with Crippen LogP contribution in [0.2, 0.25) is 5.02 Å². The van der Waals surface area contributed by atoms with Crippen LogP contribution in [0, 0.1) is 5.92 Å². The summed E-state index contributed by atoms with van der Waals surface area (Å²) in [6, 6.07) is 17.7. The zero-order chi connectivity index (χ0) is 19.8. The lowest BCUT2D eigenvalue weighted by Crippen LogP contribution is -2.07. The molecule has 1 saturated carbocycles. The Hall–Kier alpha value is -3.12. The van der Waals surface area contributed by atoms with Crippen molar-refractivity contribution in [1.29, 1.82) is 0 Å². The van der Waals surface area contributed by atoms with Crippen molar-refractivity contribution < 1.29 is 0 Å². The van der Waals surface area contributed by atoms with E-state index in [-0.39, 0.29) is 0 Å². The van der Waals surface area contributed by atoms with Gasteiger partial charge in [-0.2, -0.15) is 4.98 Å². The van der Waals surface area contributed by atoms with Crippen LogP contribution in [0.25, 0.3) is 22.3 Å². The van der Waals surface area contributed by atoms with Crippen molar-refractivity contribution in [2.75, 3.05) is 17.6 Å². The summed E-state index contributed by atoms with van der Waals surface area (Å²) in [5.74, 6) is 1.86. The maximum absolute atomic E-state index is 6.51. The van der Waals surface area contributed by atoms with Crippen LogP contribution < -0.4 is 11.1 Å². The van der Waals surface area contributed by atoms with Crippen molar-refractivity contribution in [3.8, 4) is 11.3 Å². The maximum Gasteiger partial charge on any atom is 0.225 e. The van der Waals surface area contributed by atoms with Crippen LogP contribution in [0.15, 0.2) is 54.6 Å². The highest BCUT2D eigenvalue weighted by atomic mass is 35.5. The number of halogens is 1.